The highest BCUT2D eigenvalue weighted by molar-refractivity contribution is 4.96. The van der Waals surface area contributed by atoms with Crippen molar-refractivity contribution in [2.75, 3.05) is 33.5 Å². The van der Waals surface area contributed by atoms with Crippen molar-refractivity contribution < 1.29 is 104 Å². The predicted molar refractivity (Wildman–Crippen MR) is 139 cm³/mol. The number of rotatable bonds is 11. The maximum Gasteiger partial charge on any atom is 0.187 e. The van der Waals surface area contributed by atoms with Crippen LogP contribution in [0.2, 0.25) is 0 Å². The Bertz CT molecular complexity index is 930. The Morgan fingerprint density at radius 2 is 0.826 bits per heavy atom. The minimum atomic E-state index is -1.91. The zero-order valence-corrected chi connectivity index (χ0v) is 24.5. The molecule has 20 atom stereocenters. The highest BCUT2D eigenvalue weighted by Gasteiger charge is 2.53. The molecular formula is C25H44O21. The van der Waals surface area contributed by atoms with Gasteiger partial charge in [-0.05, 0) is 0 Å². The molecular weight excluding hydrogens is 636 g/mol. The van der Waals surface area contributed by atoms with Gasteiger partial charge in [-0.15, -0.1) is 0 Å². The molecule has 0 bridgehead atoms. The van der Waals surface area contributed by atoms with Crippen LogP contribution >= 0.6 is 0 Å². The molecule has 21 heteroatoms. The van der Waals surface area contributed by atoms with Gasteiger partial charge in [0.05, 0.1) is 26.4 Å². The SMILES string of the molecule is CO[C@H]1O[C@H](CO[C@H]2O[C@H](CO)[C@@H](O)[C@H](O)[C@@H]2O[C@H]2O[C@H](CO)[C@@H](O)[C@H](O)[C@@H]2O)[C@@H](O)[C@H](O[C@H]2O[C@H](CO)[C@@H](O)[C@H](O)[C@@H]2O)[C@@H]1O. The quantitative estimate of drug-likeness (QED) is 0.0963. The van der Waals surface area contributed by atoms with Crippen LogP contribution in [0, 0.1) is 0 Å². The van der Waals surface area contributed by atoms with E-state index in [9.17, 15) is 66.4 Å². The van der Waals surface area contributed by atoms with Crippen LogP contribution in [0.5, 0.6) is 0 Å². The standard InChI is InChI=1S/C25H44O21/c1-39-22-19(38)20(45-23-17(36)14(33)10(29)6(2-26)41-23)13(32)9(44-22)5-40-25-21(16(35)12(31)8(4-28)43-25)46-24-18(37)15(34)11(30)7(3-27)42-24/h6-38H,2-5H2,1H3/t6-,7-,8-,9-,10-,11-,12-,13-,14+,15+,16+,17+,18+,19+,20+,21+,22+,23-,24-,25+/m1/s1. The first-order valence-corrected chi connectivity index (χ1v) is 14.5. The number of aliphatic hydroxyl groups is 13. The molecule has 46 heavy (non-hydrogen) atoms. The van der Waals surface area contributed by atoms with Crippen LogP contribution in [0.4, 0.5) is 0 Å². The van der Waals surface area contributed by atoms with E-state index >= 15 is 0 Å². The van der Waals surface area contributed by atoms with Gasteiger partial charge in [0.1, 0.15) is 97.7 Å². The first-order chi connectivity index (χ1) is 21.8. The lowest BCUT2D eigenvalue weighted by molar-refractivity contribution is -0.378. The minimum Gasteiger partial charge on any atom is -0.394 e. The van der Waals surface area contributed by atoms with E-state index < -0.39 is 149 Å². The topological polar surface area (TPSA) is 337 Å². The average molecular weight is 681 g/mol. The fourth-order valence-corrected chi connectivity index (χ4v) is 5.59. The fraction of sp³-hybridized carbons (Fsp3) is 1.00. The summed E-state index contributed by atoms with van der Waals surface area (Å²) in [6.45, 7) is -3.04. The van der Waals surface area contributed by atoms with Crippen molar-refractivity contribution in [3.8, 4) is 0 Å². The van der Waals surface area contributed by atoms with Gasteiger partial charge in [0, 0.05) is 7.11 Å². The Labute approximate surface area is 261 Å². The largest absolute Gasteiger partial charge is 0.394 e. The summed E-state index contributed by atoms with van der Waals surface area (Å²) in [5.41, 5.74) is 0. The van der Waals surface area contributed by atoms with Crippen LogP contribution in [0.1, 0.15) is 0 Å². The lowest BCUT2D eigenvalue weighted by atomic mass is 9.96. The van der Waals surface area contributed by atoms with Crippen LogP contribution in [-0.4, -0.2) is 223 Å². The van der Waals surface area contributed by atoms with Gasteiger partial charge in [-0.2, -0.15) is 0 Å². The van der Waals surface area contributed by atoms with Gasteiger partial charge < -0.3 is 104 Å². The third kappa shape index (κ3) is 7.65. The number of aliphatic hydroxyl groups excluding tert-OH is 13. The highest BCUT2D eigenvalue weighted by Crippen LogP contribution is 2.32. The van der Waals surface area contributed by atoms with Gasteiger partial charge in [-0.25, -0.2) is 0 Å². The summed E-state index contributed by atoms with van der Waals surface area (Å²) >= 11 is 0. The van der Waals surface area contributed by atoms with E-state index in [1.54, 1.807) is 0 Å². The van der Waals surface area contributed by atoms with E-state index in [-0.39, 0.29) is 0 Å². The van der Waals surface area contributed by atoms with Crippen molar-refractivity contribution >= 4 is 0 Å². The Hall–Kier alpha value is -0.840. The number of ether oxygens (including phenoxy) is 8. The van der Waals surface area contributed by atoms with Gasteiger partial charge in [-0.3, -0.25) is 0 Å². The third-order valence-electron chi connectivity index (χ3n) is 8.40. The van der Waals surface area contributed by atoms with Crippen LogP contribution in [0.25, 0.3) is 0 Å². The molecule has 4 fully saturated rings. The highest BCUT2D eigenvalue weighted by atomic mass is 16.8. The smallest absolute Gasteiger partial charge is 0.187 e. The molecule has 0 aromatic heterocycles. The summed E-state index contributed by atoms with van der Waals surface area (Å²) in [6, 6.07) is 0. The molecule has 0 unspecified atom stereocenters. The van der Waals surface area contributed by atoms with Crippen LogP contribution in [0.15, 0.2) is 0 Å². The van der Waals surface area contributed by atoms with Crippen molar-refractivity contribution in [1.82, 2.24) is 0 Å². The van der Waals surface area contributed by atoms with E-state index in [2.05, 4.69) is 0 Å². The minimum absolute atomic E-state index is 0.664. The third-order valence-corrected chi connectivity index (χ3v) is 8.40. The van der Waals surface area contributed by atoms with E-state index in [0.717, 1.165) is 7.11 Å². The van der Waals surface area contributed by atoms with Gasteiger partial charge in [0.15, 0.2) is 25.2 Å². The molecule has 4 aliphatic heterocycles. The second kappa shape index (κ2) is 16.2. The van der Waals surface area contributed by atoms with Gasteiger partial charge >= 0.3 is 0 Å². The molecule has 0 radical (unpaired) electrons. The van der Waals surface area contributed by atoms with E-state index in [1.807, 2.05) is 0 Å². The van der Waals surface area contributed by atoms with Gasteiger partial charge in [0.2, 0.25) is 0 Å². The molecule has 4 aliphatic rings. The lowest BCUT2D eigenvalue weighted by Gasteiger charge is -2.47. The number of hydrogen-bond donors (Lipinski definition) is 13. The molecule has 270 valence electrons. The fourth-order valence-electron chi connectivity index (χ4n) is 5.59. The lowest BCUT2D eigenvalue weighted by Crippen LogP contribution is -2.66. The van der Waals surface area contributed by atoms with E-state index in [1.165, 1.54) is 0 Å². The summed E-state index contributed by atoms with van der Waals surface area (Å²) in [6.07, 6.45) is -33.9. The molecule has 0 amide bonds. The molecule has 4 heterocycles. The Balaban J connectivity index is 1.49. The molecule has 13 N–H and O–H groups in total. The summed E-state index contributed by atoms with van der Waals surface area (Å²) in [5, 5.41) is 133. The van der Waals surface area contributed by atoms with Crippen LogP contribution in [0.3, 0.4) is 0 Å². The molecule has 0 aromatic rings. The first-order valence-electron chi connectivity index (χ1n) is 14.5. The normalized spacial score (nSPS) is 52.0. The Morgan fingerprint density at radius 3 is 1.28 bits per heavy atom. The second-order valence-electron chi connectivity index (χ2n) is 11.4. The van der Waals surface area contributed by atoms with Crippen molar-refractivity contribution in [3.05, 3.63) is 0 Å². The van der Waals surface area contributed by atoms with Crippen molar-refractivity contribution in [2.24, 2.45) is 0 Å². The Morgan fingerprint density at radius 1 is 0.413 bits per heavy atom. The molecule has 21 nitrogen and oxygen atoms in total. The van der Waals surface area contributed by atoms with E-state index in [0.29, 0.717) is 0 Å². The summed E-state index contributed by atoms with van der Waals surface area (Å²) in [7, 11) is 1.15. The van der Waals surface area contributed by atoms with Crippen LogP contribution in [-0.2, 0) is 37.9 Å². The number of methoxy groups -OCH3 is 1. The molecule has 0 spiro atoms. The molecule has 0 aliphatic carbocycles. The molecule has 0 saturated carbocycles. The maximum absolute atomic E-state index is 11.1. The van der Waals surface area contributed by atoms with Gasteiger partial charge in [-0.1, -0.05) is 0 Å². The van der Waals surface area contributed by atoms with Crippen LogP contribution < -0.4 is 0 Å². The monoisotopic (exact) mass is 680 g/mol. The van der Waals surface area contributed by atoms with Gasteiger partial charge in [0.25, 0.3) is 0 Å². The zero-order chi connectivity index (χ0) is 34.0. The zero-order valence-electron chi connectivity index (χ0n) is 24.5. The molecule has 4 saturated heterocycles. The first kappa shape index (κ1) is 38.0. The summed E-state index contributed by atoms with van der Waals surface area (Å²) in [4.78, 5) is 0. The summed E-state index contributed by atoms with van der Waals surface area (Å²) in [5.74, 6) is 0. The van der Waals surface area contributed by atoms with Crippen molar-refractivity contribution in [1.29, 1.82) is 0 Å². The maximum atomic E-state index is 11.1. The second-order valence-corrected chi connectivity index (χ2v) is 11.4. The molecule has 4 rings (SSSR count). The van der Waals surface area contributed by atoms with Crippen molar-refractivity contribution in [3.63, 3.8) is 0 Å². The summed E-state index contributed by atoms with van der Waals surface area (Å²) < 4.78 is 43.7. The number of hydrogen-bond acceptors (Lipinski definition) is 21. The van der Waals surface area contributed by atoms with Crippen molar-refractivity contribution in [2.45, 2.75) is 123 Å². The van der Waals surface area contributed by atoms with E-state index in [4.69, 9.17) is 37.9 Å². The Kier molecular flexibility index (Phi) is 13.4. The average Bonchev–Trinajstić information content (AvgIpc) is 3.05. The predicted octanol–water partition coefficient (Wildman–Crippen LogP) is -9.09. The molecule has 0 aromatic carbocycles.